The number of aromatic nitrogens is 2. The van der Waals surface area contributed by atoms with Crippen molar-refractivity contribution < 1.29 is 4.74 Å². The maximum atomic E-state index is 5.50. The molecule has 0 saturated heterocycles. The summed E-state index contributed by atoms with van der Waals surface area (Å²) >= 11 is 0. The number of nitrogen functional groups attached to an aromatic ring is 1. The summed E-state index contributed by atoms with van der Waals surface area (Å²) in [5.41, 5.74) is 1.88. The number of nitrogens with zero attached hydrogens (tertiary/aromatic N) is 2. The maximum absolute atomic E-state index is 5.50. The number of imidazole rings is 1. The molecule has 14 heavy (non-hydrogen) atoms. The van der Waals surface area contributed by atoms with Crippen LogP contribution in [0.3, 0.4) is 0 Å². The van der Waals surface area contributed by atoms with Crippen molar-refractivity contribution in [3.8, 4) is 17.0 Å². The number of nitrogens with two attached hydrogens (primary N) is 1. The molecule has 0 amide bonds. The Hall–Kier alpha value is -1.97. The van der Waals surface area contributed by atoms with Gasteiger partial charge in [0, 0.05) is 5.56 Å². The molecule has 1 aromatic carbocycles. The molecule has 2 aromatic rings. The van der Waals surface area contributed by atoms with Crippen LogP contribution >= 0.6 is 0 Å². The molecular weight excluding hydrogens is 178 g/mol. The van der Waals surface area contributed by atoms with Crippen molar-refractivity contribution in [1.29, 1.82) is 0 Å². The first-order valence-corrected chi connectivity index (χ1v) is 4.23. The average Bonchev–Trinajstić information content (AvgIpc) is 2.65. The largest absolute Gasteiger partial charge is 0.497 e. The Morgan fingerprint density at radius 2 is 2.00 bits per heavy atom. The monoisotopic (exact) mass is 189 g/mol. The van der Waals surface area contributed by atoms with Gasteiger partial charge in [0.1, 0.15) is 12.1 Å². The molecule has 0 fully saturated rings. The molecule has 0 saturated carbocycles. The van der Waals surface area contributed by atoms with E-state index in [-0.39, 0.29) is 0 Å². The normalized spacial score (nSPS) is 10.1. The summed E-state index contributed by atoms with van der Waals surface area (Å²) in [5.74, 6) is 6.34. The van der Waals surface area contributed by atoms with Gasteiger partial charge >= 0.3 is 0 Å². The standard InChI is InChI=1S/C10H11N3O/c1-14-9-4-2-8(3-5-9)10-6-13(11)7-12-10/h2-7H,11H2,1H3. The Kier molecular flexibility index (Phi) is 2.10. The van der Waals surface area contributed by atoms with Crippen LogP contribution in [0.25, 0.3) is 11.3 Å². The zero-order valence-electron chi connectivity index (χ0n) is 7.84. The molecule has 0 aliphatic heterocycles. The molecule has 2 N–H and O–H groups in total. The van der Waals surface area contributed by atoms with Crippen molar-refractivity contribution in [2.24, 2.45) is 0 Å². The third-order valence-electron chi connectivity index (χ3n) is 1.99. The number of hydrogen-bond donors (Lipinski definition) is 1. The zero-order chi connectivity index (χ0) is 9.97. The molecular formula is C10H11N3O. The summed E-state index contributed by atoms with van der Waals surface area (Å²) in [6.45, 7) is 0. The number of hydrogen-bond acceptors (Lipinski definition) is 3. The van der Waals surface area contributed by atoms with Gasteiger partial charge in [-0.3, -0.25) is 4.68 Å². The van der Waals surface area contributed by atoms with Gasteiger partial charge in [0.05, 0.1) is 19.0 Å². The van der Waals surface area contributed by atoms with E-state index >= 15 is 0 Å². The van der Waals surface area contributed by atoms with E-state index in [1.54, 1.807) is 19.6 Å². The second-order valence-corrected chi connectivity index (χ2v) is 2.93. The van der Waals surface area contributed by atoms with E-state index in [1.165, 1.54) is 4.68 Å². The SMILES string of the molecule is COc1ccc(-c2cn(N)cn2)cc1. The van der Waals surface area contributed by atoms with E-state index in [0.717, 1.165) is 17.0 Å². The second-order valence-electron chi connectivity index (χ2n) is 2.93. The van der Waals surface area contributed by atoms with Crippen molar-refractivity contribution in [3.05, 3.63) is 36.8 Å². The number of methoxy groups -OCH3 is 1. The minimum atomic E-state index is 0.834. The highest BCUT2D eigenvalue weighted by atomic mass is 16.5. The second kappa shape index (κ2) is 3.41. The smallest absolute Gasteiger partial charge is 0.118 e. The topological polar surface area (TPSA) is 53.1 Å². The van der Waals surface area contributed by atoms with Crippen LogP contribution in [0, 0.1) is 0 Å². The van der Waals surface area contributed by atoms with E-state index in [4.69, 9.17) is 10.6 Å². The molecule has 0 atom stereocenters. The van der Waals surface area contributed by atoms with Gasteiger partial charge in [0.2, 0.25) is 0 Å². The Balaban J connectivity index is 2.33. The molecule has 2 rings (SSSR count). The molecule has 4 nitrogen and oxygen atoms in total. The van der Waals surface area contributed by atoms with Crippen LogP contribution < -0.4 is 10.6 Å². The minimum absolute atomic E-state index is 0.834. The fraction of sp³-hybridized carbons (Fsp3) is 0.100. The van der Waals surface area contributed by atoms with Gasteiger partial charge in [-0.2, -0.15) is 0 Å². The van der Waals surface area contributed by atoms with Gasteiger partial charge in [-0.25, -0.2) is 4.98 Å². The molecule has 0 unspecified atom stereocenters. The van der Waals surface area contributed by atoms with Crippen LogP contribution in [-0.2, 0) is 0 Å². The van der Waals surface area contributed by atoms with Crippen LogP contribution in [0.4, 0.5) is 0 Å². The first-order valence-electron chi connectivity index (χ1n) is 4.23. The van der Waals surface area contributed by atoms with Gasteiger partial charge in [0.25, 0.3) is 0 Å². The van der Waals surface area contributed by atoms with Crippen LogP contribution in [0.1, 0.15) is 0 Å². The van der Waals surface area contributed by atoms with E-state index in [2.05, 4.69) is 4.98 Å². The van der Waals surface area contributed by atoms with Crippen molar-refractivity contribution in [2.45, 2.75) is 0 Å². The van der Waals surface area contributed by atoms with E-state index in [0.29, 0.717) is 0 Å². The quantitative estimate of drug-likeness (QED) is 0.724. The lowest BCUT2D eigenvalue weighted by Crippen LogP contribution is -2.02. The lowest BCUT2D eigenvalue weighted by molar-refractivity contribution is 0.415. The Bertz CT molecular complexity index is 419. The first kappa shape index (κ1) is 8.62. The molecule has 72 valence electrons. The Labute approximate surface area is 81.9 Å². The molecule has 0 radical (unpaired) electrons. The van der Waals surface area contributed by atoms with Crippen molar-refractivity contribution in [1.82, 2.24) is 9.66 Å². The molecule has 1 aromatic heterocycles. The third-order valence-corrected chi connectivity index (χ3v) is 1.99. The summed E-state index contributed by atoms with van der Waals surface area (Å²) in [5, 5.41) is 0. The van der Waals surface area contributed by atoms with Gasteiger partial charge in [0.15, 0.2) is 0 Å². The summed E-state index contributed by atoms with van der Waals surface area (Å²) < 4.78 is 6.49. The third kappa shape index (κ3) is 1.54. The van der Waals surface area contributed by atoms with E-state index in [1.807, 2.05) is 24.3 Å². The number of benzene rings is 1. The van der Waals surface area contributed by atoms with Gasteiger partial charge in [-0.15, -0.1) is 0 Å². The first-order chi connectivity index (χ1) is 6.79. The van der Waals surface area contributed by atoms with E-state index < -0.39 is 0 Å². The summed E-state index contributed by atoms with van der Waals surface area (Å²) in [7, 11) is 1.64. The Morgan fingerprint density at radius 3 is 2.50 bits per heavy atom. The molecule has 0 aliphatic rings. The molecule has 1 heterocycles. The van der Waals surface area contributed by atoms with Crippen molar-refractivity contribution in [2.75, 3.05) is 13.0 Å². The average molecular weight is 189 g/mol. The van der Waals surface area contributed by atoms with Gasteiger partial charge in [-0.05, 0) is 24.3 Å². The zero-order valence-corrected chi connectivity index (χ0v) is 7.84. The van der Waals surface area contributed by atoms with Gasteiger partial charge in [-0.1, -0.05) is 0 Å². The number of rotatable bonds is 2. The van der Waals surface area contributed by atoms with Crippen LogP contribution in [0.15, 0.2) is 36.8 Å². The maximum Gasteiger partial charge on any atom is 0.118 e. The van der Waals surface area contributed by atoms with Crippen LogP contribution in [0.2, 0.25) is 0 Å². The highest BCUT2D eigenvalue weighted by Crippen LogP contribution is 2.19. The lowest BCUT2D eigenvalue weighted by Gasteiger charge is -2.00. The van der Waals surface area contributed by atoms with Crippen LogP contribution in [-0.4, -0.2) is 16.8 Å². The highest BCUT2D eigenvalue weighted by molar-refractivity contribution is 5.59. The van der Waals surface area contributed by atoms with E-state index in [9.17, 15) is 0 Å². The molecule has 4 heteroatoms. The Morgan fingerprint density at radius 1 is 1.29 bits per heavy atom. The molecule has 0 bridgehead atoms. The number of ether oxygens (including phenoxy) is 1. The highest BCUT2D eigenvalue weighted by Gasteiger charge is 2.00. The van der Waals surface area contributed by atoms with Crippen molar-refractivity contribution >= 4 is 0 Å². The summed E-state index contributed by atoms with van der Waals surface area (Å²) in [6.07, 6.45) is 3.33. The minimum Gasteiger partial charge on any atom is -0.497 e. The summed E-state index contributed by atoms with van der Waals surface area (Å²) in [4.78, 5) is 4.14. The molecule has 0 aliphatic carbocycles. The van der Waals surface area contributed by atoms with Crippen LogP contribution in [0.5, 0.6) is 5.75 Å². The molecule has 0 spiro atoms. The predicted octanol–water partition coefficient (Wildman–Crippen LogP) is 1.27. The lowest BCUT2D eigenvalue weighted by atomic mass is 10.2. The fourth-order valence-electron chi connectivity index (χ4n) is 1.25. The summed E-state index contributed by atoms with van der Waals surface area (Å²) in [6, 6.07) is 7.68. The predicted molar refractivity (Wildman–Crippen MR) is 54.4 cm³/mol. The fourth-order valence-corrected chi connectivity index (χ4v) is 1.25. The van der Waals surface area contributed by atoms with Gasteiger partial charge < -0.3 is 10.6 Å². The van der Waals surface area contributed by atoms with Crippen molar-refractivity contribution in [3.63, 3.8) is 0 Å².